The molecule has 1 N–H and O–H groups in total. The van der Waals surface area contributed by atoms with Gasteiger partial charge in [-0.05, 0) is 57.0 Å². The van der Waals surface area contributed by atoms with Gasteiger partial charge in [0.15, 0.2) is 12.4 Å². The van der Waals surface area contributed by atoms with Crippen LogP contribution in [-0.2, 0) is 4.79 Å². The fourth-order valence-electron chi connectivity index (χ4n) is 3.22. The standard InChI is InChI=1S/C21H23FN2O7/c1-12(2)23(13(3)4)19(25)11-30-20-17(22)9-15(10-18(20)24(28)29)14-5-7-16(8-6-14)31-21(26)27/h5-10,12-13H,11H2,1-4H3,(H,26,27). The first-order chi connectivity index (χ1) is 14.5. The number of halogens is 1. The fraction of sp³-hybridized carbons (Fsp3) is 0.333. The molecule has 0 aromatic heterocycles. The zero-order chi connectivity index (χ0) is 23.3. The first-order valence-corrected chi connectivity index (χ1v) is 9.44. The Bertz CT molecular complexity index is 966. The van der Waals surface area contributed by atoms with Crippen LogP contribution in [0.15, 0.2) is 36.4 Å². The van der Waals surface area contributed by atoms with E-state index in [1.54, 1.807) is 4.90 Å². The van der Waals surface area contributed by atoms with Crippen molar-refractivity contribution in [3.63, 3.8) is 0 Å². The Balaban J connectivity index is 2.31. The third-order valence-corrected chi connectivity index (χ3v) is 4.35. The number of nitrogens with zero attached hydrogens (tertiary/aromatic N) is 2. The number of hydrogen-bond acceptors (Lipinski definition) is 6. The van der Waals surface area contributed by atoms with Crippen LogP contribution in [0.25, 0.3) is 11.1 Å². The van der Waals surface area contributed by atoms with Crippen LogP contribution >= 0.6 is 0 Å². The Morgan fingerprint density at radius 3 is 2.16 bits per heavy atom. The van der Waals surface area contributed by atoms with E-state index < -0.39 is 40.8 Å². The van der Waals surface area contributed by atoms with Crippen LogP contribution in [0.1, 0.15) is 27.7 Å². The van der Waals surface area contributed by atoms with Gasteiger partial charge in [0.1, 0.15) is 5.75 Å². The molecule has 1 amide bonds. The smallest absolute Gasteiger partial charge is 0.475 e. The molecule has 0 aliphatic heterocycles. The van der Waals surface area contributed by atoms with Crippen molar-refractivity contribution in [2.45, 2.75) is 39.8 Å². The third kappa shape index (κ3) is 5.91. The zero-order valence-electron chi connectivity index (χ0n) is 17.5. The first-order valence-electron chi connectivity index (χ1n) is 9.44. The van der Waals surface area contributed by atoms with Crippen molar-refractivity contribution in [2.75, 3.05) is 6.61 Å². The summed E-state index contributed by atoms with van der Waals surface area (Å²) in [6.07, 6.45) is -1.49. The van der Waals surface area contributed by atoms with Crippen molar-refractivity contribution < 1.29 is 33.5 Å². The number of carbonyl (C=O) groups excluding carboxylic acids is 1. The van der Waals surface area contributed by atoms with E-state index in [-0.39, 0.29) is 23.4 Å². The second-order valence-electron chi connectivity index (χ2n) is 7.23. The Morgan fingerprint density at radius 2 is 1.68 bits per heavy atom. The van der Waals surface area contributed by atoms with Gasteiger partial charge < -0.3 is 19.5 Å². The molecule has 0 fully saturated rings. The summed E-state index contributed by atoms with van der Waals surface area (Å²) in [7, 11) is 0. The molecule has 0 unspecified atom stereocenters. The van der Waals surface area contributed by atoms with Gasteiger partial charge >= 0.3 is 11.8 Å². The summed E-state index contributed by atoms with van der Waals surface area (Å²) in [5.41, 5.74) is -0.0572. The summed E-state index contributed by atoms with van der Waals surface area (Å²) in [5, 5.41) is 20.1. The molecule has 0 saturated heterocycles. The average Bonchev–Trinajstić information content (AvgIpc) is 2.65. The maximum atomic E-state index is 14.7. The van der Waals surface area contributed by atoms with Gasteiger partial charge in [-0.15, -0.1) is 0 Å². The molecule has 166 valence electrons. The van der Waals surface area contributed by atoms with Gasteiger partial charge in [-0.3, -0.25) is 14.9 Å². The van der Waals surface area contributed by atoms with Crippen LogP contribution in [0.2, 0.25) is 0 Å². The molecule has 2 rings (SSSR count). The van der Waals surface area contributed by atoms with Gasteiger partial charge in [0.05, 0.1) is 4.92 Å². The predicted molar refractivity (Wildman–Crippen MR) is 110 cm³/mol. The fourth-order valence-corrected chi connectivity index (χ4v) is 3.22. The van der Waals surface area contributed by atoms with Gasteiger partial charge in [-0.1, -0.05) is 12.1 Å². The summed E-state index contributed by atoms with van der Waals surface area (Å²) < 4.78 is 24.4. The van der Waals surface area contributed by atoms with E-state index in [9.17, 15) is 24.1 Å². The average molecular weight is 434 g/mol. The van der Waals surface area contributed by atoms with E-state index in [0.717, 1.165) is 12.1 Å². The Labute approximate surface area is 178 Å². The first kappa shape index (κ1) is 23.6. The lowest BCUT2D eigenvalue weighted by molar-refractivity contribution is -0.386. The maximum Gasteiger partial charge on any atom is 0.511 e. The number of ether oxygens (including phenoxy) is 2. The number of nitro groups is 1. The molecule has 2 aromatic rings. The maximum absolute atomic E-state index is 14.7. The zero-order valence-corrected chi connectivity index (χ0v) is 17.5. The van der Waals surface area contributed by atoms with Crippen LogP contribution in [-0.4, -0.2) is 45.7 Å². The summed E-state index contributed by atoms with van der Waals surface area (Å²) in [4.78, 5) is 35.3. The van der Waals surface area contributed by atoms with Crippen LogP contribution in [0.3, 0.4) is 0 Å². The topological polar surface area (TPSA) is 119 Å². The lowest BCUT2D eigenvalue weighted by Crippen LogP contribution is -2.44. The van der Waals surface area contributed by atoms with Gasteiger partial charge in [0, 0.05) is 18.2 Å². The molecule has 0 bridgehead atoms. The molecule has 31 heavy (non-hydrogen) atoms. The van der Waals surface area contributed by atoms with Crippen LogP contribution in [0.5, 0.6) is 11.5 Å². The Kier molecular flexibility index (Phi) is 7.51. The second-order valence-corrected chi connectivity index (χ2v) is 7.23. The summed E-state index contributed by atoms with van der Waals surface area (Å²) >= 11 is 0. The third-order valence-electron chi connectivity index (χ3n) is 4.35. The van der Waals surface area contributed by atoms with E-state index in [0.29, 0.717) is 5.56 Å². The van der Waals surface area contributed by atoms with Gasteiger partial charge in [-0.2, -0.15) is 0 Å². The molecule has 0 saturated carbocycles. The van der Waals surface area contributed by atoms with Crippen LogP contribution in [0, 0.1) is 15.9 Å². The molecule has 0 atom stereocenters. The number of benzene rings is 2. The highest BCUT2D eigenvalue weighted by molar-refractivity contribution is 5.79. The Morgan fingerprint density at radius 1 is 1.10 bits per heavy atom. The minimum Gasteiger partial charge on any atom is -0.475 e. The molecular weight excluding hydrogens is 411 g/mol. The normalized spacial score (nSPS) is 10.8. The number of rotatable bonds is 8. The van der Waals surface area contributed by atoms with E-state index in [1.807, 2.05) is 27.7 Å². The summed E-state index contributed by atoms with van der Waals surface area (Å²) in [5.74, 6) is -2.00. The van der Waals surface area contributed by atoms with Crippen molar-refractivity contribution in [1.82, 2.24) is 4.90 Å². The quantitative estimate of drug-likeness (QED) is 0.281. The lowest BCUT2D eigenvalue weighted by atomic mass is 10.0. The van der Waals surface area contributed by atoms with E-state index in [1.165, 1.54) is 24.3 Å². The largest absolute Gasteiger partial charge is 0.511 e. The van der Waals surface area contributed by atoms with Gasteiger partial charge in [0.2, 0.25) is 5.75 Å². The van der Waals surface area contributed by atoms with Crippen molar-refractivity contribution in [1.29, 1.82) is 0 Å². The molecular formula is C21H23FN2O7. The molecule has 0 radical (unpaired) electrons. The molecule has 0 aliphatic carbocycles. The number of carbonyl (C=O) groups is 2. The summed E-state index contributed by atoms with van der Waals surface area (Å²) in [6.45, 7) is 6.74. The van der Waals surface area contributed by atoms with Crippen molar-refractivity contribution in [3.8, 4) is 22.6 Å². The SMILES string of the molecule is CC(C)N(C(=O)COc1c(F)cc(-c2ccc(OC(=O)O)cc2)cc1[N+](=O)[O-])C(C)C. The lowest BCUT2D eigenvalue weighted by Gasteiger charge is -2.30. The molecule has 0 spiro atoms. The molecule has 2 aromatic carbocycles. The van der Waals surface area contributed by atoms with Crippen molar-refractivity contribution in [3.05, 3.63) is 52.3 Å². The number of nitro benzene ring substituents is 1. The highest BCUT2D eigenvalue weighted by atomic mass is 19.1. The number of amides is 1. The van der Waals surface area contributed by atoms with Crippen molar-refractivity contribution >= 4 is 17.7 Å². The molecule has 0 heterocycles. The number of carboxylic acid groups (broad SMARTS) is 1. The second kappa shape index (κ2) is 9.88. The van der Waals surface area contributed by atoms with Gasteiger partial charge in [-0.25, -0.2) is 9.18 Å². The highest BCUT2D eigenvalue weighted by Gasteiger charge is 2.26. The van der Waals surface area contributed by atoms with E-state index in [2.05, 4.69) is 4.74 Å². The minimum absolute atomic E-state index is 0.0459. The summed E-state index contributed by atoms with van der Waals surface area (Å²) in [6, 6.07) is 7.47. The van der Waals surface area contributed by atoms with Crippen LogP contribution in [0.4, 0.5) is 14.9 Å². The van der Waals surface area contributed by atoms with E-state index >= 15 is 0 Å². The Hall–Kier alpha value is -3.69. The molecule has 0 aliphatic rings. The minimum atomic E-state index is -1.49. The number of hydrogen-bond donors (Lipinski definition) is 1. The molecule has 10 heteroatoms. The molecule has 9 nitrogen and oxygen atoms in total. The monoisotopic (exact) mass is 434 g/mol. The predicted octanol–water partition coefficient (Wildman–Crippen LogP) is 4.48. The van der Waals surface area contributed by atoms with E-state index in [4.69, 9.17) is 9.84 Å². The van der Waals surface area contributed by atoms with Gasteiger partial charge in [0.25, 0.3) is 5.91 Å². The van der Waals surface area contributed by atoms with Crippen LogP contribution < -0.4 is 9.47 Å². The highest BCUT2D eigenvalue weighted by Crippen LogP contribution is 2.36. The van der Waals surface area contributed by atoms with Crippen molar-refractivity contribution in [2.24, 2.45) is 0 Å².